The highest BCUT2D eigenvalue weighted by molar-refractivity contribution is 5.62. The average Bonchev–Trinajstić information content (AvgIpc) is 2.40. The summed E-state index contributed by atoms with van der Waals surface area (Å²) in [5, 5.41) is 11.9. The van der Waals surface area contributed by atoms with Crippen LogP contribution in [0.2, 0.25) is 0 Å². The minimum absolute atomic E-state index is 0.520. The van der Waals surface area contributed by atoms with Crippen molar-refractivity contribution < 1.29 is 0 Å². The van der Waals surface area contributed by atoms with Crippen molar-refractivity contribution in [3.63, 3.8) is 0 Å². The lowest BCUT2D eigenvalue weighted by Crippen LogP contribution is -2.00. The van der Waals surface area contributed by atoms with Gasteiger partial charge in [-0.3, -0.25) is 4.98 Å². The smallest absolute Gasteiger partial charge is 0.129 e. The zero-order chi connectivity index (χ0) is 12.1. The third kappa shape index (κ3) is 2.55. The second-order valence-electron chi connectivity index (χ2n) is 3.39. The predicted octanol–water partition coefficient (Wildman–Crippen LogP) is 1.84. The van der Waals surface area contributed by atoms with E-state index in [2.05, 4.69) is 26.3 Å². The first-order valence-electron chi connectivity index (χ1n) is 5.25. The van der Waals surface area contributed by atoms with Gasteiger partial charge in [-0.05, 0) is 13.0 Å². The molecule has 2 heterocycles. The van der Waals surface area contributed by atoms with Gasteiger partial charge in [-0.25, -0.2) is 9.97 Å². The van der Waals surface area contributed by atoms with E-state index in [4.69, 9.17) is 5.26 Å². The van der Waals surface area contributed by atoms with Crippen molar-refractivity contribution in [2.24, 2.45) is 0 Å². The van der Waals surface area contributed by atoms with E-state index < -0.39 is 0 Å². The summed E-state index contributed by atoms with van der Waals surface area (Å²) in [6, 6.07) is 5.65. The number of pyridine rings is 1. The van der Waals surface area contributed by atoms with Crippen molar-refractivity contribution in [3.8, 4) is 17.3 Å². The van der Waals surface area contributed by atoms with Gasteiger partial charge in [0.1, 0.15) is 18.2 Å². The van der Waals surface area contributed by atoms with Crippen LogP contribution < -0.4 is 5.32 Å². The highest BCUT2D eigenvalue weighted by atomic mass is 15.0. The SMILES string of the molecule is CCNc1cc(-c2cncc(C#N)c2)ncn1. The molecule has 0 aliphatic rings. The summed E-state index contributed by atoms with van der Waals surface area (Å²) in [6.07, 6.45) is 4.70. The molecule has 5 nitrogen and oxygen atoms in total. The van der Waals surface area contributed by atoms with E-state index in [0.717, 1.165) is 23.6 Å². The van der Waals surface area contributed by atoms with Gasteiger partial charge in [0.15, 0.2) is 0 Å². The molecule has 0 radical (unpaired) electrons. The Balaban J connectivity index is 2.39. The molecule has 0 aliphatic heterocycles. The molecule has 0 unspecified atom stereocenters. The maximum absolute atomic E-state index is 8.81. The van der Waals surface area contributed by atoms with Gasteiger partial charge < -0.3 is 5.32 Å². The van der Waals surface area contributed by atoms with E-state index in [1.54, 1.807) is 12.3 Å². The van der Waals surface area contributed by atoms with Crippen LogP contribution in [-0.4, -0.2) is 21.5 Å². The highest BCUT2D eigenvalue weighted by Gasteiger charge is 2.03. The molecule has 2 rings (SSSR count). The van der Waals surface area contributed by atoms with Gasteiger partial charge in [-0.2, -0.15) is 5.26 Å². The second kappa shape index (κ2) is 5.03. The van der Waals surface area contributed by atoms with Crippen molar-refractivity contribution in [2.75, 3.05) is 11.9 Å². The van der Waals surface area contributed by atoms with Crippen LogP contribution in [0.4, 0.5) is 5.82 Å². The molecule has 1 N–H and O–H groups in total. The largest absolute Gasteiger partial charge is 0.370 e. The molecule has 0 atom stereocenters. The van der Waals surface area contributed by atoms with E-state index in [1.807, 2.05) is 13.0 Å². The third-order valence-corrected chi connectivity index (χ3v) is 2.19. The number of hydrogen-bond acceptors (Lipinski definition) is 5. The fourth-order valence-corrected chi connectivity index (χ4v) is 1.43. The highest BCUT2D eigenvalue weighted by Crippen LogP contribution is 2.18. The zero-order valence-corrected chi connectivity index (χ0v) is 9.38. The lowest BCUT2D eigenvalue weighted by atomic mass is 10.1. The van der Waals surface area contributed by atoms with Crippen molar-refractivity contribution in [2.45, 2.75) is 6.92 Å². The fraction of sp³-hybridized carbons (Fsp3) is 0.167. The van der Waals surface area contributed by atoms with E-state index in [1.165, 1.54) is 12.5 Å². The lowest BCUT2D eigenvalue weighted by Gasteiger charge is -2.04. The number of anilines is 1. The molecule has 5 heteroatoms. The third-order valence-electron chi connectivity index (χ3n) is 2.19. The van der Waals surface area contributed by atoms with Crippen LogP contribution in [0.15, 0.2) is 30.9 Å². The Hall–Kier alpha value is -2.48. The summed E-state index contributed by atoms with van der Waals surface area (Å²) < 4.78 is 0. The Morgan fingerprint density at radius 1 is 1.29 bits per heavy atom. The first-order valence-corrected chi connectivity index (χ1v) is 5.25. The van der Waals surface area contributed by atoms with Crippen molar-refractivity contribution >= 4 is 5.82 Å². The van der Waals surface area contributed by atoms with Gasteiger partial charge in [0.2, 0.25) is 0 Å². The molecule has 2 aromatic rings. The summed E-state index contributed by atoms with van der Waals surface area (Å²) in [7, 11) is 0. The number of rotatable bonds is 3. The van der Waals surface area contributed by atoms with E-state index in [0.29, 0.717) is 5.56 Å². The van der Waals surface area contributed by atoms with Crippen molar-refractivity contribution in [1.29, 1.82) is 5.26 Å². The summed E-state index contributed by atoms with van der Waals surface area (Å²) in [6.45, 7) is 2.80. The van der Waals surface area contributed by atoms with Crippen LogP contribution in [0.25, 0.3) is 11.3 Å². The molecule has 0 bridgehead atoms. The molecular formula is C12H11N5. The Morgan fingerprint density at radius 2 is 2.18 bits per heavy atom. The van der Waals surface area contributed by atoms with Gasteiger partial charge in [-0.1, -0.05) is 0 Å². The minimum Gasteiger partial charge on any atom is -0.370 e. The summed E-state index contributed by atoms with van der Waals surface area (Å²) in [4.78, 5) is 12.3. The van der Waals surface area contributed by atoms with Gasteiger partial charge >= 0.3 is 0 Å². The summed E-state index contributed by atoms with van der Waals surface area (Å²) in [5.41, 5.74) is 2.08. The van der Waals surface area contributed by atoms with Gasteiger partial charge in [-0.15, -0.1) is 0 Å². The first-order chi connectivity index (χ1) is 8.33. The summed E-state index contributed by atoms with van der Waals surface area (Å²) >= 11 is 0. The second-order valence-corrected chi connectivity index (χ2v) is 3.39. The molecule has 0 fully saturated rings. The summed E-state index contributed by atoms with van der Waals surface area (Å²) in [5.74, 6) is 0.764. The number of aromatic nitrogens is 3. The topological polar surface area (TPSA) is 74.5 Å². The molecule has 0 saturated carbocycles. The number of nitrogens with one attached hydrogen (secondary N) is 1. The average molecular weight is 225 g/mol. The molecule has 84 valence electrons. The van der Waals surface area contributed by atoms with Gasteiger partial charge in [0.05, 0.1) is 11.3 Å². The molecule has 2 aromatic heterocycles. The van der Waals surface area contributed by atoms with Crippen LogP contribution in [0, 0.1) is 11.3 Å². The normalized spacial score (nSPS) is 9.65. The monoisotopic (exact) mass is 225 g/mol. The Bertz CT molecular complexity index is 559. The zero-order valence-electron chi connectivity index (χ0n) is 9.38. The Kier molecular flexibility index (Phi) is 3.26. The lowest BCUT2D eigenvalue weighted by molar-refractivity contribution is 1.11. The standard InChI is InChI=1S/C12H11N5/c1-2-15-12-4-11(16-8-17-12)10-3-9(5-13)6-14-7-10/h3-4,6-8H,2H2,1H3,(H,15,16,17). The molecule has 17 heavy (non-hydrogen) atoms. The Labute approximate surface area is 99.2 Å². The van der Waals surface area contributed by atoms with Crippen molar-refractivity contribution in [1.82, 2.24) is 15.0 Å². The maximum Gasteiger partial charge on any atom is 0.129 e. The van der Waals surface area contributed by atoms with E-state index in [9.17, 15) is 0 Å². The molecular weight excluding hydrogens is 214 g/mol. The molecule has 0 saturated heterocycles. The molecule has 0 spiro atoms. The van der Waals surface area contributed by atoms with Crippen LogP contribution in [0.1, 0.15) is 12.5 Å². The number of nitrogens with zero attached hydrogens (tertiary/aromatic N) is 4. The maximum atomic E-state index is 8.81. The van der Waals surface area contributed by atoms with Gasteiger partial charge in [0, 0.05) is 30.6 Å². The minimum atomic E-state index is 0.520. The number of nitriles is 1. The van der Waals surface area contributed by atoms with Crippen LogP contribution in [0.3, 0.4) is 0 Å². The van der Waals surface area contributed by atoms with E-state index in [-0.39, 0.29) is 0 Å². The fourth-order valence-electron chi connectivity index (χ4n) is 1.43. The number of hydrogen-bond donors (Lipinski definition) is 1. The molecule has 0 amide bonds. The predicted molar refractivity (Wildman–Crippen MR) is 64.1 cm³/mol. The van der Waals surface area contributed by atoms with E-state index >= 15 is 0 Å². The molecule has 0 aliphatic carbocycles. The van der Waals surface area contributed by atoms with Crippen LogP contribution in [0.5, 0.6) is 0 Å². The first kappa shape index (κ1) is 11.0. The van der Waals surface area contributed by atoms with Crippen LogP contribution >= 0.6 is 0 Å². The Morgan fingerprint density at radius 3 is 2.94 bits per heavy atom. The molecule has 0 aromatic carbocycles. The quantitative estimate of drug-likeness (QED) is 0.862. The van der Waals surface area contributed by atoms with Gasteiger partial charge in [0.25, 0.3) is 0 Å². The van der Waals surface area contributed by atoms with Crippen LogP contribution in [-0.2, 0) is 0 Å². The van der Waals surface area contributed by atoms with Crippen molar-refractivity contribution in [3.05, 3.63) is 36.4 Å².